The van der Waals surface area contributed by atoms with Crippen LogP contribution in [-0.2, 0) is 19.3 Å². The number of rotatable bonds is 6. The Morgan fingerprint density at radius 1 is 0.811 bits per heavy atom. The molecule has 1 fully saturated rings. The van der Waals surface area contributed by atoms with Crippen molar-refractivity contribution in [2.75, 3.05) is 19.6 Å². The molecule has 2 aliphatic carbocycles. The number of fused-ring (bicyclic) bond motifs is 2. The van der Waals surface area contributed by atoms with Crippen molar-refractivity contribution >= 4 is 17.2 Å². The van der Waals surface area contributed by atoms with Gasteiger partial charge in [0.1, 0.15) is 5.82 Å². The van der Waals surface area contributed by atoms with Crippen LogP contribution in [0, 0.1) is 5.82 Å². The number of halogens is 3. The van der Waals surface area contributed by atoms with E-state index in [1.807, 2.05) is 6.07 Å². The van der Waals surface area contributed by atoms with Crippen LogP contribution in [0.2, 0.25) is 0 Å². The number of alkyl halides is 2. The van der Waals surface area contributed by atoms with Gasteiger partial charge in [-0.05, 0) is 94.7 Å². The van der Waals surface area contributed by atoms with Gasteiger partial charge in [-0.1, -0.05) is 60.7 Å². The van der Waals surface area contributed by atoms with Gasteiger partial charge in [-0.3, -0.25) is 4.90 Å². The summed E-state index contributed by atoms with van der Waals surface area (Å²) in [5, 5.41) is 0. The summed E-state index contributed by atoms with van der Waals surface area (Å²) >= 11 is 0. The molecule has 1 heterocycles. The molecule has 1 saturated heterocycles. The molecule has 0 bridgehead atoms. The minimum Gasteiger partial charge on any atom is -0.295 e. The summed E-state index contributed by atoms with van der Waals surface area (Å²) in [5.41, 5.74) is 11.7. The average molecular weight is 500 g/mol. The van der Waals surface area contributed by atoms with E-state index in [9.17, 15) is 8.78 Å². The first kappa shape index (κ1) is 24.2. The minimum atomic E-state index is -2.24. The third-order valence-corrected chi connectivity index (χ3v) is 8.08. The summed E-state index contributed by atoms with van der Waals surface area (Å²) in [5.74, 6) is -0.102. The lowest BCUT2D eigenvalue weighted by Gasteiger charge is -2.34. The molecule has 4 heteroatoms. The van der Waals surface area contributed by atoms with Gasteiger partial charge in [0.05, 0.1) is 0 Å². The van der Waals surface area contributed by atoms with Gasteiger partial charge in [-0.15, -0.1) is 0 Å². The van der Waals surface area contributed by atoms with Crippen molar-refractivity contribution in [1.82, 2.24) is 4.90 Å². The Morgan fingerprint density at radius 3 is 2.38 bits per heavy atom. The van der Waals surface area contributed by atoms with Crippen molar-refractivity contribution in [3.05, 3.63) is 111 Å². The normalized spacial score (nSPS) is 17.5. The maximum atomic E-state index is 15.5. The van der Waals surface area contributed by atoms with E-state index in [-0.39, 0.29) is 12.2 Å². The van der Waals surface area contributed by atoms with E-state index in [4.69, 9.17) is 0 Å². The van der Waals surface area contributed by atoms with Crippen molar-refractivity contribution in [2.45, 2.75) is 51.4 Å². The zero-order valence-corrected chi connectivity index (χ0v) is 21.1. The Labute approximate surface area is 217 Å². The monoisotopic (exact) mass is 499 g/mol. The fourth-order valence-corrected chi connectivity index (χ4v) is 6.31. The molecular formula is C33H32F3N. The summed E-state index contributed by atoms with van der Waals surface area (Å²) in [4.78, 5) is 2.05. The number of aryl methyl sites for hydroxylation is 2. The van der Waals surface area contributed by atoms with Crippen LogP contribution in [-0.4, -0.2) is 31.0 Å². The first-order chi connectivity index (χ1) is 18.1. The van der Waals surface area contributed by atoms with Gasteiger partial charge in [-0.25, -0.2) is 13.2 Å². The lowest BCUT2D eigenvalue weighted by atomic mass is 9.85. The van der Waals surface area contributed by atoms with Gasteiger partial charge < -0.3 is 0 Å². The fourth-order valence-electron chi connectivity index (χ4n) is 6.31. The second kappa shape index (κ2) is 10.3. The van der Waals surface area contributed by atoms with Crippen LogP contribution in [0.25, 0.3) is 17.2 Å². The molecule has 1 nitrogen and oxygen atoms in total. The fraction of sp³-hybridized carbons (Fsp3) is 0.333. The minimum absolute atomic E-state index is 0.0634. The van der Waals surface area contributed by atoms with Gasteiger partial charge >= 0.3 is 0 Å². The predicted molar refractivity (Wildman–Crippen MR) is 145 cm³/mol. The van der Waals surface area contributed by atoms with Crippen molar-refractivity contribution in [3.63, 3.8) is 0 Å². The molecule has 0 N–H and O–H groups in total. The number of hydrogen-bond acceptors (Lipinski definition) is 1. The highest BCUT2D eigenvalue weighted by atomic mass is 19.3. The summed E-state index contributed by atoms with van der Waals surface area (Å²) in [6, 6.07) is 20.8. The second-order valence-corrected chi connectivity index (χ2v) is 10.6. The van der Waals surface area contributed by atoms with Crippen LogP contribution in [0.1, 0.15) is 64.6 Å². The number of allylic oxidation sites excluding steroid dienone is 1. The molecule has 0 radical (unpaired) electrons. The van der Waals surface area contributed by atoms with Crippen molar-refractivity contribution in [3.8, 4) is 0 Å². The van der Waals surface area contributed by atoms with Gasteiger partial charge in [-0.2, -0.15) is 0 Å². The molecule has 37 heavy (non-hydrogen) atoms. The van der Waals surface area contributed by atoms with Crippen molar-refractivity contribution in [1.29, 1.82) is 0 Å². The quantitative estimate of drug-likeness (QED) is 0.332. The molecule has 0 aromatic heterocycles. The third kappa shape index (κ3) is 4.92. The van der Waals surface area contributed by atoms with E-state index in [0.717, 1.165) is 79.5 Å². The van der Waals surface area contributed by atoms with E-state index >= 15 is 4.39 Å². The summed E-state index contributed by atoms with van der Waals surface area (Å²) in [6.45, 7) is 1.97. The molecule has 0 atom stereocenters. The van der Waals surface area contributed by atoms with Gasteiger partial charge in [0.25, 0.3) is 0 Å². The van der Waals surface area contributed by atoms with E-state index in [1.165, 1.54) is 27.8 Å². The van der Waals surface area contributed by atoms with E-state index in [0.29, 0.717) is 6.54 Å². The van der Waals surface area contributed by atoms with Gasteiger partial charge in [0, 0.05) is 31.6 Å². The molecule has 6 rings (SSSR count). The van der Waals surface area contributed by atoms with Crippen LogP contribution in [0.5, 0.6) is 0 Å². The summed E-state index contributed by atoms with van der Waals surface area (Å²) in [7, 11) is 0. The number of hydrogen-bond donors (Lipinski definition) is 0. The highest BCUT2D eigenvalue weighted by molar-refractivity contribution is 6.00. The standard InChI is InChI=1S/C33H32F3N/c34-30-16-15-25-7-3-9-28(25)33(30)29-10-4-6-24-5-1-2-8-27(24)32(29)26-13-11-22(12-14-26)19-23-20-37(21-23)18-17-31(35)36/h1-2,5,8,11-16,19,31H,3-4,6-7,9-10,17-18,20-21H2. The lowest BCUT2D eigenvalue weighted by Crippen LogP contribution is -2.40. The van der Waals surface area contributed by atoms with E-state index in [1.54, 1.807) is 6.07 Å². The zero-order valence-electron chi connectivity index (χ0n) is 21.1. The maximum Gasteiger partial charge on any atom is 0.239 e. The number of nitrogens with zero attached hydrogens (tertiary/aromatic N) is 1. The predicted octanol–water partition coefficient (Wildman–Crippen LogP) is 7.96. The molecule has 190 valence electrons. The summed E-state index contributed by atoms with van der Waals surface area (Å²) < 4.78 is 40.5. The molecule has 3 aromatic carbocycles. The van der Waals surface area contributed by atoms with Crippen molar-refractivity contribution in [2.24, 2.45) is 0 Å². The molecule has 0 spiro atoms. The zero-order chi connectivity index (χ0) is 25.4. The lowest BCUT2D eigenvalue weighted by molar-refractivity contribution is 0.111. The summed E-state index contributed by atoms with van der Waals surface area (Å²) in [6.07, 6.45) is 5.80. The number of likely N-dealkylation sites (tertiary alicyclic amines) is 1. The van der Waals surface area contributed by atoms with Gasteiger partial charge in [0.2, 0.25) is 6.43 Å². The Bertz CT molecular complexity index is 1360. The Kier molecular flexibility index (Phi) is 6.77. The Morgan fingerprint density at radius 2 is 1.57 bits per heavy atom. The molecule has 0 amide bonds. The van der Waals surface area contributed by atoms with Crippen LogP contribution < -0.4 is 0 Å². The number of benzene rings is 3. The first-order valence-corrected chi connectivity index (χ1v) is 13.5. The smallest absolute Gasteiger partial charge is 0.239 e. The highest BCUT2D eigenvalue weighted by Gasteiger charge is 2.26. The van der Waals surface area contributed by atoms with Crippen LogP contribution in [0.3, 0.4) is 0 Å². The molecule has 1 aliphatic heterocycles. The molecule has 3 aromatic rings. The van der Waals surface area contributed by atoms with Gasteiger partial charge in [0.15, 0.2) is 0 Å². The third-order valence-electron chi connectivity index (χ3n) is 8.08. The van der Waals surface area contributed by atoms with Crippen LogP contribution >= 0.6 is 0 Å². The molecule has 3 aliphatic rings. The average Bonchev–Trinajstić information content (AvgIpc) is 3.27. The maximum absolute atomic E-state index is 15.5. The largest absolute Gasteiger partial charge is 0.295 e. The Hall–Kier alpha value is -3.11. The molecule has 0 unspecified atom stereocenters. The first-order valence-electron chi connectivity index (χ1n) is 13.5. The van der Waals surface area contributed by atoms with E-state index in [2.05, 4.69) is 59.5 Å². The topological polar surface area (TPSA) is 3.24 Å². The Balaban J connectivity index is 1.38. The van der Waals surface area contributed by atoms with Crippen LogP contribution in [0.4, 0.5) is 13.2 Å². The SMILES string of the molecule is Fc1ccc2c(c1C1=C(c3ccc(C=C4CN(CCC(F)F)C4)cc3)c3ccccc3CCC1)CCC2. The molecule has 0 saturated carbocycles. The second-order valence-electron chi connectivity index (χ2n) is 10.6. The van der Waals surface area contributed by atoms with Crippen molar-refractivity contribution < 1.29 is 13.2 Å². The van der Waals surface area contributed by atoms with Crippen LogP contribution in [0.15, 0.2) is 66.2 Å². The van der Waals surface area contributed by atoms with E-state index < -0.39 is 6.43 Å². The molecular weight excluding hydrogens is 467 g/mol. The highest BCUT2D eigenvalue weighted by Crippen LogP contribution is 2.43.